The highest BCUT2D eigenvalue weighted by Crippen LogP contribution is 2.29. The van der Waals surface area contributed by atoms with Gasteiger partial charge in [0, 0.05) is 55.1 Å². The van der Waals surface area contributed by atoms with Crippen LogP contribution in [0.2, 0.25) is 0 Å². The maximum atomic E-state index is 13.1. The Labute approximate surface area is 200 Å². The van der Waals surface area contributed by atoms with E-state index in [4.69, 9.17) is 5.11 Å². The minimum Gasteiger partial charge on any atom is -0.465 e. The number of rotatable bonds is 4. The van der Waals surface area contributed by atoms with E-state index in [1.165, 1.54) is 16.7 Å². The number of amides is 2. The van der Waals surface area contributed by atoms with E-state index in [2.05, 4.69) is 15.1 Å². The SMILES string of the molecule is CSc1nn(-c2ncc(-c3ccccc3)cn2)c2cc(C(=O)N3CCN(C(=O)O)CC3)ccc12. The summed E-state index contributed by atoms with van der Waals surface area (Å²) >= 11 is 1.52. The summed E-state index contributed by atoms with van der Waals surface area (Å²) in [5.74, 6) is 0.287. The first kappa shape index (κ1) is 21.9. The lowest BCUT2D eigenvalue weighted by molar-refractivity contribution is 0.0625. The van der Waals surface area contributed by atoms with Crippen molar-refractivity contribution in [3.8, 4) is 17.1 Å². The summed E-state index contributed by atoms with van der Waals surface area (Å²) in [6, 6.07) is 15.4. The molecule has 0 unspecified atom stereocenters. The largest absolute Gasteiger partial charge is 0.465 e. The van der Waals surface area contributed by atoms with E-state index in [9.17, 15) is 9.59 Å². The predicted octanol–water partition coefficient (Wildman–Crippen LogP) is 3.64. The van der Waals surface area contributed by atoms with Crippen molar-refractivity contribution in [1.82, 2.24) is 29.5 Å². The fraction of sp³-hybridized carbons (Fsp3) is 0.208. The first-order chi connectivity index (χ1) is 16.5. The average Bonchev–Trinajstić information content (AvgIpc) is 3.27. The van der Waals surface area contributed by atoms with Crippen LogP contribution >= 0.6 is 11.8 Å². The molecule has 5 rings (SSSR count). The third kappa shape index (κ3) is 4.08. The van der Waals surface area contributed by atoms with Gasteiger partial charge in [-0.05, 0) is 30.0 Å². The standard InChI is InChI=1S/C24H22N6O3S/c1-34-21-19-8-7-17(22(31)28-9-11-29(12-10-28)24(32)33)13-20(19)30(27-21)23-25-14-18(15-26-23)16-5-3-2-4-6-16/h2-8,13-15H,9-12H2,1H3,(H,32,33). The molecule has 9 nitrogen and oxygen atoms in total. The maximum absolute atomic E-state index is 13.1. The molecule has 0 atom stereocenters. The summed E-state index contributed by atoms with van der Waals surface area (Å²) in [5.41, 5.74) is 3.19. The number of carbonyl (C=O) groups is 2. The molecule has 4 aromatic rings. The van der Waals surface area contributed by atoms with Gasteiger partial charge in [0.05, 0.1) is 5.52 Å². The minimum absolute atomic E-state index is 0.134. The van der Waals surface area contributed by atoms with E-state index in [-0.39, 0.29) is 5.91 Å². The normalized spacial score (nSPS) is 13.9. The van der Waals surface area contributed by atoms with Gasteiger partial charge in [-0.2, -0.15) is 9.78 Å². The second-order valence-corrected chi connectivity index (χ2v) is 8.65. The van der Waals surface area contributed by atoms with Gasteiger partial charge in [-0.25, -0.2) is 14.8 Å². The Hall–Kier alpha value is -3.92. The first-order valence-electron chi connectivity index (χ1n) is 10.8. The van der Waals surface area contributed by atoms with Gasteiger partial charge in [-0.1, -0.05) is 30.3 Å². The molecule has 10 heteroatoms. The zero-order valence-corrected chi connectivity index (χ0v) is 19.3. The lowest BCUT2D eigenvalue weighted by Crippen LogP contribution is -2.50. The molecule has 1 N–H and O–H groups in total. The zero-order chi connectivity index (χ0) is 23.7. The van der Waals surface area contributed by atoms with Crippen molar-refractivity contribution in [2.45, 2.75) is 5.03 Å². The maximum Gasteiger partial charge on any atom is 0.407 e. The molecule has 34 heavy (non-hydrogen) atoms. The predicted molar refractivity (Wildman–Crippen MR) is 129 cm³/mol. The molecule has 172 valence electrons. The molecule has 2 aromatic heterocycles. The quantitative estimate of drug-likeness (QED) is 0.450. The average molecular weight is 475 g/mol. The van der Waals surface area contributed by atoms with Gasteiger partial charge < -0.3 is 14.9 Å². The van der Waals surface area contributed by atoms with Gasteiger partial charge in [0.15, 0.2) is 0 Å². The van der Waals surface area contributed by atoms with Crippen LogP contribution in [0.3, 0.4) is 0 Å². The summed E-state index contributed by atoms with van der Waals surface area (Å²) in [6.07, 6.45) is 4.52. The van der Waals surface area contributed by atoms with Crippen LogP contribution in [0, 0.1) is 0 Å². The van der Waals surface area contributed by atoms with Crippen molar-refractivity contribution < 1.29 is 14.7 Å². The number of piperazine rings is 1. The van der Waals surface area contributed by atoms with Crippen molar-refractivity contribution in [3.63, 3.8) is 0 Å². The summed E-state index contributed by atoms with van der Waals surface area (Å²) in [5, 5.41) is 15.6. The molecule has 1 fully saturated rings. The number of thioether (sulfide) groups is 1. The van der Waals surface area contributed by atoms with Crippen molar-refractivity contribution in [2.75, 3.05) is 32.4 Å². The van der Waals surface area contributed by atoms with Crippen LogP contribution in [-0.4, -0.2) is 79.1 Å². The molecule has 0 saturated carbocycles. The molecule has 2 amide bonds. The Morgan fingerprint density at radius 1 is 0.912 bits per heavy atom. The number of benzene rings is 2. The number of carbonyl (C=O) groups excluding carboxylic acids is 1. The van der Waals surface area contributed by atoms with Crippen LogP contribution in [0.4, 0.5) is 4.79 Å². The monoisotopic (exact) mass is 474 g/mol. The summed E-state index contributed by atoms with van der Waals surface area (Å²) < 4.78 is 1.66. The molecule has 2 aromatic carbocycles. The summed E-state index contributed by atoms with van der Waals surface area (Å²) in [4.78, 5) is 36.4. The van der Waals surface area contributed by atoms with Gasteiger partial charge in [-0.15, -0.1) is 11.8 Å². The van der Waals surface area contributed by atoms with Crippen LogP contribution in [-0.2, 0) is 0 Å². The summed E-state index contributed by atoms with van der Waals surface area (Å²) in [7, 11) is 0. The molecule has 0 bridgehead atoms. The molecule has 3 heterocycles. The fourth-order valence-corrected chi connectivity index (χ4v) is 4.57. The molecule has 0 aliphatic carbocycles. The Bertz CT molecular complexity index is 1350. The Morgan fingerprint density at radius 2 is 1.59 bits per heavy atom. The van der Waals surface area contributed by atoms with Crippen molar-refractivity contribution in [1.29, 1.82) is 0 Å². The molecule has 1 saturated heterocycles. The van der Waals surface area contributed by atoms with Crippen LogP contribution in [0.25, 0.3) is 28.0 Å². The number of fused-ring (bicyclic) bond motifs is 1. The second kappa shape index (κ2) is 9.14. The highest BCUT2D eigenvalue weighted by molar-refractivity contribution is 7.98. The van der Waals surface area contributed by atoms with E-state index < -0.39 is 6.09 Å². The number of hydrogen-bond donors (Lipinski definition) is 1. The Kier molecular flexibility index (Phi) is 5.89. The van der Waals surface area contributed by atoms with Crippen LogP contribution in [0.1, 0.15) is 10.4 Å². The third-order valence-electron chi connectivity index (χ3n) is 5.86. The molecule has 0 spiro atoms. The molecular weight excluding hydrogens is 452 g/mol. The van der Waals surface area contributed by atoms with E-state index in [0.29, 0.717) is 37.7 Å². The minimum atomic E-state index is -0.958. The van der Waals surface area contributed by atoms with Crippen LogP contribution in [0.15, 0.2) is 66.0 Å². The van der Waals surface area contributed by atoms with Gasteiger partial charge in [0.25, 0.3) is 11.9 Å². The second-order valence-electron chi connectivity index (χ2n) is 7.85. The topological polar surface area (TPSA) is 104 Å². The smallest absolute Gasteiger partial charge is 0.407 e. The molecule has 1 aliphatic rings. The lowest BCUT2D eigenvalue weighted by Gasteiger charge is -2.33. The van der Waals surface area contributed by atoms with E-state index in [1.54, 1.807) is 28.0 Å². The van der Waals surface area contributed by atoms with Crippen LogP contribution in [0.5, 0.6) is 0 Å². The van der Waals surface area contributed by atoms with Crippen LogP contribution < -0.4 is 0 Å². The van der Waals surface area contributed by atoms with Gasteiger partial charge in [0.1, 0.15) is 5.03 Å². The lowest BCUT2D eigenvalue weighted by atomic mass is 10.1. The third-order valence-corrected chi connectivity index (χ3v) is 6.55. The van der Waals surface area contributed by atoms with Gasteiger partial charge >= 0.3 is 6.09 Å². The number of nitrogens with zero attached hydrogens (tertiary/aromatic N) is 6. The van der Waals surface area contributed by atoms with Crippen molar-refractivity contribution in [3.05, 3.63) is 66.5 Å². The first-order valence-corrected chi connectivity index (χ1v) is 12.0. The Morgan fingerprint density at radius 3 is 2.24 bits per heavy atom. The zero-order valence-electron chi connectivity index (χ0n) is 18.5. The molecular formula is C24H22N6O3S. The molecule has 0 radical (unpaired) electrons. The highest BCUT2D eigenvalue weighted by atomic mass is 32.2. The summed E-state index contributed by atoms with van der Waals surface area (Å²) in [6.45, 7) is 1.34. The number of hydrogen-bond acceptors (Lipinski definition) is 6. The molecule has 1 aliphatic heterocycles. The van der Waals surface area contributed by atoms with Gasteiger partial charge in [0.2, 0.25) is 0 Å². The van der Waals surface area contributed by atoms with Crippen molar-refractivity contribution >= 4 is 34.7 Å². The number of carboxylic acid groups (broad SMARTS) is 1. The number of aromatic nitrogens is 4. The van der Waals surface area contributed by atoms with E-state index in [0.717, 1.165) is 27.1 Å². The van der Waals surface area contributed by atoms with Crippen molar-refractivity contribution in [2.24, 2.45) is 0 Å². The fourth-order valence-electron chi connectivity index (χ4n) is 4.02. The van der Waals surface area contributed by atoms with E-state index in [1.807, 2.05) is 48.7 Å². The highest BCUT2D eigenvalue weighted by Gasteiger charge is 2.25. The van der Waals surface area contributed by atoms with E-state index >= 15 is 0 Å². The Balaban J connectivity index is 1.47. The van der Waals surface area contributed by atoms with Gasteiger partial charge in [-0.3, -0.25) is 4.79 Å².